The third-order valence-electron chi connectivity index (χ3n) is 6.06. The molecule has 0 amide bonds. The molecule has 0 spiro atoms. The lowest BCUT2D eigenvalue weighted by Gasteiger charge is -2.22. The predicted molar refractivity (Wildman–Crippen MR) is 121 cm³/mol. The van der Waals surface area contributed by atoms with Gasteiger partial charge in [-0.1, -0.05) is 11.3 Å². The first-order valence-electron chi connectivity index (χ1n) is 10.8. The van der Waals surface area contributed by atoms with Crippen LogP contribution in [0.5, 0.6) is 0 Å². The number of nitrogens with one attached hydrogen (secondary N) is 2. The summed E-state index contributed by atoms with van der Waals surface area (Å²) in [5.41, 5.74) is 5.11. The zero-order valence-electron chi connectivity index (χ0n) is 17.4. The standard InChI is InChI=1S/C23H22N8O/c32-22-6-2-16-11-15(1-3-19(16)26-22)13-31-23-21(28-29-31)5-4-20(27-23)17-12-25-30(14-17)18-7-9-24-10-8-18/h1-6,11-12,14,18,24H,7-10,13H2,(H,26,32). The average molecular weight is 426 g/mol. The lowest BCUT2D eigenvalue weighted by molar-refractivity contribution is 0.343. The SMILES string of the molecule is O=c1ccc2cc(Cn3nnc4ccc(-c5cnn(C6CCNCC6)c5)nc43)ccc2[nH]1. The van der Waals surface area contributed by atoms with Gasteiger partial charge in [-0.3, -0.25) is 9.48 Å². The largest absolute Gasteiger partial charge is 0.322 e. The van der Waals surface area contributed by atoms with Crippen molar-refractivity contribution < 1.29 is 0 Å². The fraction of sp³-hybridized carbons (Fsp3) is 0.261. The maximum atomic E-state index is 11.5. The molecule has 1 aromatic carbocycles. The van der Waals surface area contributed by atoms with E-state index < -0.39 is 0 Å². The zero-order chi connectivity index (χ0) is 21.5. The average Bonchev–Trinajstić information content (AvgIpc) is 3.47. The number of fused-ring (bicyclic) bond motifs is 2. The number of H-pyrrole nitrogens is 1. The number of hydrogen-bond donors (Lipinski definition) is 2. The van der Waals surface area contributed by atoms with Crippen LogP contribution in [0.25, 0.3) is 33.3 Å². The zero-order valence-corrected chi connectivity index (χ0v) is 17.4. The van der Waals surface area contributed by atoms with E-state index in [0.29, 0.717) is 12.6 Å². The second kappa shape index (κ2) is 7.69. The Balaban J connectivity index is 1.31. The van der Waals surface area contributed by atoms with Crippen LogP contribution in [0.4, 0.5) is 0 Å². The molecule has 5 heterocycles. The van der Waals surface area contributed by atoms with Crippen LogP contribution in [0.3, 0.4) is 0 Å². The van der Waals surface area contributed by atoms with Crippen LogP contribution in [-0.2, 0) is 6.54 Å². The van der Waals surface area contributed by atoms with Gasteiger partial charge in [-0.2, -0.15) is 5.10 Å². The lowest BCUT2D eigenvalue weighted by Crippen LogP contribution is -2.29. The van der Waals surface area contributed by atoms with Crippen molar-refractivity contribution in [2.75, 3.05) is 13.1 Å². The Morgan fingerprint density at radius 2 is 1.97 bits per heavy atom. The maximum Gasteiger partial charge on any atom is 0.248 e. The smallest absolute Gasteiger partial charge is 0.248 e. The van der Waals surface area contributed by atoms with Gasteiger partial charge in [0.05, 0.1) is 24.5 Å². The van der Waals surface area contributed by atoms with Gasteiger partial charge in [-0.15, -0.1) is 5.10 Å². The molecule has 6 rings (SSSR count). The van der Waals surface area contributed by atoms with Crippen molar-refractivity contribution in [3.05, 3.63) is 70.8 Å². The van der Waals surface area contributed by atoms with Crippen molar-refractivity contribution in [3.8, 4) is 11.3 Å². The number of pyridine rings is 2. The van der Waals surface area contributed by atoms with E-state index in [2.05, 4.69) is 36.6 Å². The third-order valence-corrected chi connectivity index (χ3v) is 6.06. The number of aromatic nitrogens is 7. The Hall–Kier alpha value is -3.85. The molecule has 0 radical (unpaired) electrons. The van der Waals surface area contributed by atoms with Crippen molar-refractivity contribution in [2.24, 2.45) is 0 Å². The van der Waals surface area contributed by atoms with Gasteiger partial charge >= 0.3 is 0 Å². The number of aromatic amines is 1. The quantitative estimate of drug-likeness (QED) is 0.457. The van der Waals surface area contributed by atoms with Crippen LogP contribution < -0.4 is 10.9 Å². The Morgan fingerprint density at radius 3 is 2.88 bits per heavy atom. The molecule has 1 aliphatic rings. The summed E-state index contributed by atoms with van der Waals surface area (Å²) >= 11 is 0. The highest BCUT2D eigenvalue weighted by Gasteiger charge is 2.17. The van der Waals surface area contributed by atoms with Crippen LogP contribution in [0, 0.1) is 0 Å². The minimum absolute atomic E-state index is 0.104. The molecule has 0 atom stereocenters. The van der Waals surface area contributed by atoms with E-state index in [1.54, 1.807) is 0 Å². The minimum atomic E-state index is -0.104. The molecule has 160 valence electrons. The van der Waals surface area contributed by atoms with E-state index in [1.165, 1.54) is 6.07 Å². The monoisotopic (exact) mass is 426 g/mol. The second-order valence-electron chi connectivity index (χ2n) is 8.22. The molecule has 9 heteroatoms. The number of piperidine rings is 1. The summed E-state index contributed by atoms with van der Waals surface area (Å²) in [5, 5.41) is 17.6. The number of benzene rings is 1. The molecule has 1 saturated heterocycles. The molecular formula is C23H22N8O. The van der Waals surface area contributed by atoms with Gasteiger partial charge in [0.25, 0.3) is 0 Å². The summed E-state index contributed by atoms with van der Waals surface area (Å²) in [7, 11) is 0. The highest BCUT2D eigenvalue weighted by molar-refractivity contribution is 5.79. The fourth-order valence-electron chi connectivity index (χ4n) is 4.34. The number of rotatable bonds is 4. The highest BCUT2D eigenvalue weighted by Crippen LogP contribution is 2.24. The van der Waals surface area contributed by atoms with Gasteiger partial charge < -0.3 is 10.3 Å². The highest BCUT2D eigenvalue weighted by atomic mass is 16.1. The van der Waals surface area contributed by atoms with E-state index in [0.717, 1.165) is 64.8 Å². The summed E-state index contributed by atoms with van der Waals surface area (Å²) in [4.78, 5) is 19.2. The summed E-state index contributed by atoms with van der Waals surface area (Å²) in [5.74, 6) is 0. The van der Waals surface area contributed by atoms with Crippen LogP contribution in [-0.4, -0.2) is 47.8 Å². The van der Waals surface area contributed by atoms with E-state index in [-0.39, 0.29) is 5.56 Å². The lowest BCUT2D eigenvalue weighted by atomic mass is 10.1. The van der Waals surface area contributed by atoms with Gasteiger partial charge in [-0.05, 0) is 67.2 Å². The Bertz CT molecular complexity index is 1470. The van der Waals surface area contributed by atoms with E-state index in [4.69, 9.17) is 4.98 Å². The normalized spacial score (nSPS) is 15.0. The van der Waals surface area contributed by atoms with Crippen molar-refractivity contribution in [1.29, 1.82) is 0 Å². The van der Waals surface area contributed by atoms with Crippen molar-refractivity contribution >= 4 is 22.1 Å². The van der Waals surface area contributed by atoms with Crippen LogP contribution in [0.1, 0.15) is 24.4 Å². The molecule has 0 unspecified atom stereocenters. The first-order chi connectivity index (χ1) is 15.7. The molecule has 4 aromatic heterocycles. The molecule has 0 bridgehead atoms. The molecular weight excluding hydrogens is 404 g/mol. The van der Waals surface area contributed by atoms with Crippen molar-refractivity contribution in [3.63, 3.8) is 0 Å². The molecule has 0 aliphatic carbocycles. The molecule has 2 N–H and O–H groups in total. The first-order valence-corrected chi connectivity index (χ1v) is 10.8. The molecule has 5 aromatic rings. The summed E-state index contributed by atoms with van der Waals surface area (Å²) in [6.45, 7) is 2.59. The van der Waals surface area contributed by atoms with E-state index >= 15 is 0 Å². The molecule has 0 saturated carbocycles. The number of hydrogen-bond acceptors (Lipinski definition) is 6. The minimum Gasteiger partial charge on any atom is -0.322 e. The second-order valence-corrected chi connectivity index (χ2v) is 8.22. The van der Waals surface area contributed by atoms with E-state index in [9.17, 15) is 4.79 Å². The van der Waals surface area contributed by atoms with Gasteiger partial charge in [-0.25, -0.2) is 9.67 Å². The molecule has 9 nitrogen and oxygen atoms in total. The third kappa shape index (κ3) is 3.46. The van der Waals surface area contributed by atoms with Crippen LogP contribution in [0.15, 0.2) is 59.7 Å². The Kier molecular flexibility index (Phi) is 4.53. The molecule has 1 fully saturated rings. The molecule has 32 heavy (non-hydrogen) atoms. The Morgan fingerprint density at radius 1 is 1.06 bits per heavy atom. The summed E-state index contributed by atoms with van der Waals surface area (Å²) < 4.78 is 3.87. The molecule has 1 aliphatic heterocycles. The number of nitrogens with zero attached hydrogens (tertiary/aromatic N) is 6. The van der Waals surface area contributed by atoms with Gasteiger partial charge in [0.1, 0.15) is 5.52 Å². The maximum absolute atomic E-state index is 11.5. The van der Waals surface area contributed by atoms with Gasteiger partial charge in [0.15, 0.2) is 5.65 Å². The van der Waals surface area contributed by atoms with Crippen molar-refractivity contribution in [2.45, 2.75) is 25.4 Å². The first kappa shape index (κ1) is 18.9. The summed E-state index contributed by atoms with van der Waals surface area (Å²) in [6, 6.07) is 13.7. The van der Waals surface area contributed by atoms with Gasteiger partial charge in [0.2, 0.25) is 5.56 Å². The fourth-order valence-corrected chi connectivity index (χ4v) is 4.34. The van der Waals surface area contributed by atoms with Crippen LogP contribution >= 0.6 is 0 Å². The van der Waals surface area contributed by atoms with Gasteiger partial charge in [0, 0.05) is 23.3 Å². The topological polar surface area (TPSA) is 106 Å². The summed E-state index contributed by atoms with van der Waals surface area (Å²) in [6.07, 6.45) is 6.14. The predicted octanol–water partition coefficient (Wildman–Crippen LogP) is 2.50. The van der Waals surface area contributed by atoms with E-state index in [1.807, 2.05) is 47.3 Å². The Labute approximate surface area is 183 Å². The van der Waals surface area contributed by atoms with Crippen molar-refractivity contribution in [1.82, 2.24) is 40.1 Å². The van der Waals surface area contributed by atoms with Crippen LogP contribution in [0.2, 0.25) is 0 Å².